The molecule has 0 saturated heterocycles. The van der Waals surface area contributed by atoms with Gasteiger partial charge in [-0.1, -0.05) is 0 Å². The molecule has 10 radical (unpaired) electrons. The van der Waals surface area contributed by atoms with Crippen molar-refractivity contribution in [3.05, 3.63) is 64.2 Å². The largest absolute Gasteiger partial charge is 4.00 e. The monoisotopic (exact) mass is 1830 g/mol. The number of halogens is 36. The fraction of sp³-hybridized carbons (Fsp3) is 0.615. The number of rotatable bonds is 12. The quantitative estimate of drug-likeness (QED) is 0.147. The van der Waals surface area contributed by atoms with Gasteiger partial charge >= 0.3 is 145 Å². The van der Waals surface area contributed by atoms with E-state index in [0.717, 1.165) is 0 Å². The summed E-state index contributed by atoms with van der Waals surface area (Å²) in [5.41, 5.74) is 0. The Morgan fingerprint density at radius 1 is 0.193 bits per heavy atom. The van der Waals surface area contributed by atoms with Crippen LogP contribution in [0, 0.1) is 64.2 Å². The Balaban J connectivity index is -0.0000000630. The first-order chi connectivity index (χ1) is 33.0. The van der Waals surface area contributed by atoms with Crippen LogP contribution in [0.3, 0.4) is 0 Å². The fourth-order valence-electron chi connectivity index (χ4n) is 2.71. The van der Waals surface area contributed by atoms with Crippen LogP contribution in [0.5, 0.6) is 0 Å². The van der Waals surface area contributed by atoms with Gasteiger partial charge < -0.3 is 62.0 Å². The predicted octanol–water partition coefficient (Wildman–Crippen LogP) is 4.57. The molecule has 0 aromatic heterocycles. The van der Waals surface area contributed by atoms with E-state index in [1.807, 2.05) is 64.2 Å². The molecule has 2 aliphatic rings. The Labute approximate surface area is 501 Å². The average Bonchev–Trinajstić information content (AvgIpc) is 3.96. The van der Waals surface area contributed by atoms with Gasteiger partial charge in [0, 0.05) is 0 Å². The summed E-state index contributed by atoms with van der Waals surface area (Å²) < 4.78 is 542. The molecular formula is C26H24F36Hf2O20S4+2. The van der Waals surface area contributed by atoms with Gasteiger partial charge in [0.25, 0.3) is 0 Å². The summed E-state index contributed by atoms with van der Waals surface area (Å²) in [7, 11) is -29.7. The summed E-state index contributed by atoms with van der Waals surface area (Å²) in [5, 5.41) is -28.4. The van der Waals surface area contributed by atoms with Crippen molar-refractivity contribution < 1.29 is 305 Å². The fourth-order valence-corrected chi connectivity index (χ4v) is 4.48. The van der Waals surface area contributed by atoms with Crippen molar-refractivity contribution in [3.63, 3.8) is 0 Å². The maximum atomic E-state index is 12.2. The summed E-state index contributed by atoms with van der Waals surface area (Å²) in [6, 6.07) is 0. The molecule has 2 saturated carbocycles. The van der Waals surface area contributed by atoms with Crippen LogP contribution in [-0.4, -0.2) is 189 Å². The van der Waals surface area contributed by atoms with Crippen molar-refractivity contribution in [2.24, 2.45) is 0 Å². The summed E-state index contributed by atoms with van der Waals surface area (Å²) in [6.07, 6.45) is -8.65. The standard InChI is InChI=1S/2C5H5.4C4HF9O3S.2Hf.8H2O/c2*1-2-4-5-3-1;4*5-1(6,3(9,10)11)2(7,8)4(12,13)17(14,15)16;;;;;;;;;;/h2*1-5H;4*(H,14,15,16);;;8*1H2/q;;;;;;2*+4;;;;;;;;/p-6. The molecule has 88 heavy (non-hydrogen) atoms. The van der Waals surface area contributed by atoms with Gasteiger partial charge in [0.2, 0.25) is 0 Å². The van der Waals surface area contributed by atoms with Crippen molar-refractivity contribution in [3.8, 4) is 0 Å². The van der Waals surface area contributed by atoms with E-state index in [1.165, 1.54) is 0 Å². The summed E-state index contributed by atoms with van der Waals surface area (Å²) >= 11 is 0. The van der Waals surface area contributed by atoms with Crippen molar-refractivity contribution >= 4 is 40.5 Å². The number of alkyl halides is 36. The molecule has 20 nitrogen and oxygen atoms in total. The zero-order chi connectivity index (χ0) is 65.1. The second-order valence-electron chi connectivity index (χ2n) is 12.4. The molecule has 0 heterocycles. The minimum atomic E-state index is -7.43. The molecule has 2 fully saturated rings. The molecule has 0 spiro atoms. The Bertz CT molecular complexity index is 2080. The summed E-state index contributed by atoms with van der Waals surface area (Å²) in [5.74, 6) is -59.3. The van der Waals surface area contributed by atoms with Crippen LogP contribution < -0.4 is 0 Å². The van der Waals surface area contributed by atoms with E-state index in [1.54, 1.807) is 0 Å². The van der Waals surface area contributed by atoms with Gasteiger partial charge in [-0.25, -0.2) is 33.7 Å². The Morgan fingerprint density at radius 3 is 0.307 bits per heavy atom. The molecule has 0 amide bonds. The third-order valence-electron chi connectivity index (χ3n) is 6.83. The molecule has 0 atom stereocenters. The van der Waals surface area contributed by atoms with E-state index >= 15 is 0 Å². The van der Waals surface area contributed by atoms with Crippen LogP contribution in [0.4, 0.5) is 158 Å². The normalized spacial score (nSPS) is 15.2. The molecule has 0 unspecified atom stereocenters. The molecule has 0 aliphatic heterocycles. The Morgan fingerprint density at radius 2 is 0.261 bits per heavy atom. The SMILES string of the molecule is O.O.O.O.O.O.O=S(=O)([O-])C(F)(F)C(F)(F)C(F)(F)C(F)(F)F.O=S(=O)([O-])C(F)(F)C(F)(F)C(F)(F)C(F)(F)F.O=S(=O)([O-])C(F)(F)C(F)(F)C(F)(F)C(F)(F)F.O=S(=O)([O-])C(F)(F)C(F)(F)C(F)(F)C(F)(F)F.[CH]1[CH][CH][CH][CH]1.[CH]1[CH][CH][CH][CH]1.[Hf+4].[Hf+4].[OH-].[OH-]. The first kappa shape index (κ1) is 120. The van der Waals surface area contributed by atoms with Gasteiger partial charge in [0.1, 0.15) is 0 Å². The Hall–Kier alpha value is -1.46. The summed E-state index contributed by atoms with van der Waals surface area (Å²) in [4.78, 5) is 0. The maximum absolute atomic E-state index is 12.2. The minimum Gasteiger partial charge on any atom is -0.870 e. The van der Waals surface area contributed by atoms with Crippen LogP contribution in [0.1, 0.15) is 0 Å². The van der Waals surface area contributed by atoms with Crippen LogP contribution in [-0.2, 0) is 92.2 Å². The molecule has 2 aliphatic carbocycles. The molecule has 2 rings (SSSR count). The number of hydrogen-bond acceptors (Lipinski definition) is 14. The molecule has 0 bridgehead atoms. The first-order valence-electron chi connectivity index (χ1n) is 16.0. The van der Waals surface area contributed by atoms with Gasteiger partial charge in [-0.2, -0.15) is 158 Å². The minimum absolute atomic E-state index is 0. The topological polar surface area (TPSA) is 478 Å². The van der Waals surface area contributed by atoms with E-state index in [-0.39, 0.29) is 95.5 Å². The van der Waals surface area contributed by atoms with Crippen LogP contribution in [0.15, 0.2) is 0 Å². The van der Waals surface area contributed by atoms with E-state index in [0.29, 0.717) is 0 Å². The van der Waals surface area contributed by atoms with Crippen molar-refractivity contribution in [1.82, 2.24) is 0 Å². The summed E-state index contributed by atoms with van der Waals surface area (Å²) in [6.45, 7) is 0. The average molecular weight is 1830 g/mol. The third kappa shape index (κ3) is 25.4. The van der Waals surface area contributed by atoms with Gasteiger partial charge in [-0.3, -0.25) is 0 Å². The third-order valence-corrected chi connectivity index (χ3v) is 10.4. The van der Waals surface area contributed by atoms with Crippen molar-refractivity contribution in [2.45, 2.75) is 93.1 Å². The second-order valence-corrected chi connectivity index (χ2v) is 18.1. The zero-order valence-electron chi connectivity index (χ0n) is 38.8. The van der Waals surface area contributed by atoms with E-state index in [4.69, 9.17) is 0 Å². The Kier molecular flexibility index (Phi) is 50.6. The van der Waals surface area contributed by atoms with Crippen LogP contribution >= 0.6 is 0 Å². The molecule has 62 heteroatoms. The van der Waals surface area contributed by atoms with E-state index in [9.17, 15) is 210 Å². The maximum Gasteiger partial charge on any atom is 4.00 e. The molecule has 0 aromatic rings. The molecule has 14 N–H and O–H groups in total. The predicted molar refractivity (Wildman–Crippen MR) is 191 cm³/mol. The van der Waals surface area contributed by atoms with Gasteiger partial charge in [-0.05, 0) is 64.2 Å². The smallest absolute Gasteiger partial charge is 0.870 e. The first-order valence-corrected chi connectivity index (χ1v) is 21.6. The molecule has 0 aromatic carbocycles. The second kappa shape index (κ2) is 37.0. The van der Waals surface area contributed by atoms with Crippen molar-refractivity contribution in [1.29, 1.82) is 0 Å². The van der Waals surface area contributed by atoms with Crippen LogP contribution in [0.25, 0.3) is 0 Å². The van der Waals surface area contributed by atoms with Gasteiger partial charge in [0.05, 0.1) is 0 Å². The molecule has 530 valence electrons. The zero-order valence-corrected chi connectivity index (χ0v) is 49.3. The number of hydrogen-bond donors (Lipinski definition) is 0. The van der Waals surface area contributed by atoms with E-state index in [2.05, 4.69) is 0 Å². The van der Waals surface area contributed by atoms with Gasteiger partial charge in [-0.15, -0.1) is 0 Å². The van der Waals surface area contributed by atoms with E-state index < -0.39 is 134 Å². The van der Waals surface area contributed by atoms with Crippen LogP contribution in [0.2, 0.25) is 0 Å². The van der Waals surface area contributed by atoms with Crippen molar-refractivity contribution in [2.75, 3.05) is 0 Å². The molecular weight excluding hydrogens is 1800 g/mol. The van der Waals surface area contributed by atoms with Gasteiger partial charge in [0.15, 0.2) is 40.5 Å².